The van der Waals surface area contributed by atoms with Crippen LogP contribution in [0.5, 0.6) is 0 Å². The molecule has 100 valence electrons. The van der Waals surface area contributed by atoms with Gasteiger partial charge in [0.05, 0.1) is 6.04 Å². The molecule has 2 unspecified atom stereocenters. The summed E-state index contributed by atoms with van der Waals surface area (Å²) in [7, 11) is 2.03. The molecule has 2 atom stereocenters. The van der Waals surface area contributed by atoms with E-state index in [0.29, 0.717) is 18.5 Å². The van der Waals surface area contributed by atoms with Crippen LogP contribution in [0.2, 0.25) is 0 Å². The SMILES string of the molecule is CCN(CC)C(=O)C(C)N(C)C(CN)C1CC1. The Balaban J connectivity index is 2.60. The Morgan fingerprint density at radius 2 is 1.88 bits per heavy atom. The first-order chi connectivity index (χ1) is 8.06. The molecule has 1 aliphatic carbocycles. The van der Waals surface area contributed by atoms with Gasteiger partial charge >= 0.3 is 0 Å². The number of amides is 1. The third kappa shape index (κ3) is 3.42. The van der Waals surface area contributed by atoms with E-state index in [1.165, 1.54) is 12.8 Å². The van der Waals surface area contributed by atoms with Gasteiger partial charge in [-0.2, -0.15) is 0 Å². The average molecular weight is 241 g/mol. The smallest absolute Gasteiger partial charge is 0.239 e. The van der Waals surface area contributed by atoms with Crippen molar-refractivity contribution >= 4 is 5.91 Å². The molecule has 1 aliphatic rings. The standard InChI is InChI=1S/C13H27N3O/c1-5-16(6-2)13(17)10(3)15(4)12(9-14)11-7-8-11/h10-12H,5-9,14H2,1-4H3. The number of hydrogen-bond acceptors (Lipinski definition) is 3. The highest BCUT2D eigenvalue weighted by Crippen LogP contribution is 2.35. The zero-order chi connectivity index (χ0) is 13.0. The Morgan fingerprint density at radius 3 is 2.24 bits per heavy atom. The van der Waals surface area contributed by atoms with E-state index in [2.05, 4.69) is 4.90 Å². The first kappa shape index (κ1) is 14.5. The molecule has 0 bridgehead atoms. The van der Waals surface area contributed by atoms with Crippen LogP contribution in [0.3, 0.4) is 0 Å². The molecule has 4 heteroatoms. The predicted molar refractivity (Wildman–Crippen MR) is 70.7 cm³/mol. The molecule has 1 amide bonds. The first-order valence-electron chi connectivity index (χ1n) is 6.77. The summed E-state index contributed by atoms with van der Waals surface area (Å²) < 4.78 is 0. The van der Waals surface area contributed by atoms with Gasteiger partial charge in [-0.15, -0.1) is 0 Å². The quantitative estimate of drug-likeness (QED) is 0.721. The maximum atomic E-state index is 12.3. The summed E-state index contributed by atoms with van der Waals surface area (Å²) in [4.78, 5) is 16.3. The molecule has 1 fully saturated rings. The van der Waals surface area contributed by atoms with E-state index in [4.69, 9.17) is 5.73 Å². The van der Waals surface area contributed by atoms with Crippen molar-refractivity contribution in [2.45, 2.75) is 45.7 Å². The molecular formula is C13H27N3O. The van der Waals surface area contributed by atoms with Crippen LogP contribution in [-0.2, 0) is 4.79 Å². The van der Waals surface area contributed by atoms with E-state index in [0.717, 1.165) is 13.1 Å². The van der Waals surface area contributed by atoms with Crippen molar-refractivity contribution in [3.63, 3.8) is 0 Å². The van der Waals surface area contributed by atoms with Gasteiger partial charge in [0, 0.05) is 25.7 Å². The lowest BCUT2D eigenvalue weighted by atomic mass is 10.1. The van der Waals surface area contributed by atoms with Gasteiger partial charge in [-0.25, -0.2) is 0 Å². The largest absolute Gasteiger partial charge is 0.342 e. The van der Waals surface area contributed by atoms with Crippen molar-refractivity contribution in [2.24, 2.45) is 11.7 Å². The number of likely N-dealkylation sites (N-methyl/N-ethyl adjacent to an activating group) is 2. The highest BCUT2D eigenvalue weighted by Gasteiger charge is 2.36. The fourth-order valence-electron chi connectivity index (χ4n) is 2.43. The monoisotopic (exact) mass is 241 g/mol. The first-order valence-corrected chi connectivity index (χ1v) is 6.77. The molecule has 0 aromatic heterocycles. The van der Waals surface area contributed by atoms with Gasteiger partial charge in [-0.3, -0.25) is 9.69 Å². The number of rotatable bonds is 7. The Morgan fingerprint density at radius 1 is 1.35 bits per heavy atom. The van der Waals surface area contributed by atoms with Gasteiger partial charge < -0.3 is 10.6 Å². The molecule has 0 aliphatic heterocycles. The molecule has 2 N–H and O–H groups in total. The zero-order valence-corrected chi connectivity index (χ0v) is 11.6. The minimum Gasteiger partial charge on any atom is -0.342 e. The summed E-state index contributed by atoms with van der Waals surface area (Å²) >= 11 is 0. The van der Waals surface area contributed by atoms with Crippen LogP contribution in [0, 0.1) is 5.92 Å². The molecule has 0 aromatic carbocycles. The maximum absolute atomic E-state index is 12.3. The van der Waals surface area contributed by atoms with Crippen molar-refractivity contribution in [2.75, 3.05) is 26.7 Å². The number of nitrogens with zero attached hydrogens (tertiary/aromatic N) is 2. The van der Waals surface area contributed by atoms with Crippen molar-refractivity contribution in [3.8, 4) is 0 Å². The highest BCUT2D eigenvalue weighted by atomic mass is 16.2. The van der Waals surface area contributed by atoms with Gasteiger partial charge in [-0.1, -0.05) is 0 Å². The van der Waals surface area contributed by atoms with Crippen LogP contribution < -0.4 is 5.73 Å². The summed E-state index contributed by atoms with van der Waals surface area (Å²) in [6.45, 7) is 8.25. The van der Waals surface area contributed by atoms with E-state index in [9.17, 15) is 4.79 Å². The molecule has 1 saturated carbocycles. The molecule has 4 nitrogen and oxygen atoms in total. The second-order valence-electron chi connectivity index (χ2n) is 4.99. The van der Waals surface area contributed by atoms with Crippen molar-refractivity contribution < 1.29 is 4.79 Å². The van der Waals surface area contributed by atoms with Gasteiger partial charge in [0.25, 0.3) is 0 Å². The van der Waals surface area contributed by atoms with Crippen molar-refractivity contribution in [1.29, 1.82) is 0 Å². The van der Waals surface area contributed by atoms with E-state index in [1.54, 1.807) is 0 Å². The summed E-state index contributed by atoms with van der Waals surface area (Å²) in [6, 6.07) is 0.300. The van der Waals surface area contributed by atoms with Crippen molar-refractivity contribution in [3.05, 3.63) is 0 Å². The van der Waals surface area contributed by atoms with Gasteiger partial charge in [-0.05, 0) is 46.6 Å². The normalized spacial score (nSPS) is 19.2. The molecule has 0 radical (unpaired) electrons. The van der Waals surface area contributed by atoms with Crippen LogP contribution in [-0.4, -0.2) is 54.5 Å². The molecule has 17 heavy (non-hydrogen) atoms. The van der Waals surface area contributed by atoms with E-state index in [1.807, 2.05) is 32.7 Å². The van der Waals surface area contributed by atoms with Crippen LogP contribution in [0.25, 0.3) is 0 Å². The minimum absolute atomic E-state index is 0.0657. The fraction of sp³-hybridized carbons (Fsp3) is 0.923. The zero-order valence-electron chi connectivity index (χ0n) is 11.6. The summed E-state index contributed by atoms with van der Waals surface area (Å²) in [5, 5.41) is 0. The second-order valence-corrected chi connectivity index (χ2v) is 4.99. The Hall–Kier alpha value is -0.610. The lowest BCUT2D eigenvalue weighted by Gasteiger charge is -2.34. The Labute approximate surface area is 105 Å². The lowest BCUT2D eigenvalue weighted by molar-refractivity contribution is -0.136. The van der Waals surface area contributed by atoms with E-state index >= 15 is 0 Å². The predicted octanol–water partition coefficient (Wildman–Crippen LogP) is 0.912. The maximum Gasteiger partial charge on any atom is 0.239 e. The van der Waals surface area contributed by atoms with Crippen molar-refractivity contribution in [1.82, 2.24) is 9.80 Å². The summed E-state index contributed by atoms with van der Waals surface area (Å²) in [5.74, 6) is 0.925. The van der Waals surface area contributed by atoms with Crippen LogP contribution in [0.4, 0.5) is 0 Å². The van der Waals surface area contributed by atoms with Crippen LogP contribution >= 0.6 is 0 Å². The van der Waals surface area contributed by atoms with Gasteiger partial charge in [0.2, 0.25) is 5.91 Å². The fourth-order valence-corrected chi connectivity index (χ4v) is 2.43. The van der Waals surface area contributed by atoms with Gasteiger partial charge in [0.15, 0.2) is 0 Å². The van der Waals surface area contributed by atoms with E-state index in [-0.39, 0.29) is 11.9 Å². The second kappa shape index (κ2) is 6.36. The Kier molecular flexibility index (Phi) is 5.40. The summed E-state index contributed by atoms with van der Waals surface area (Å²) in [6.07, 6.45) is 2.52. The average Bonchev–Trinajstić information content (AvgIpc) is 3.14. The number of hydrogen-bond donors (Lipinski definition) is 1. The van der Waals surface area contributed by atoms with Crippen LogP contribution in [0.1, 0.15) is 33.6 Å². The topological polar surface area (TPSA) is 49.6 Å². The number of carbonyl (C=O) groups is 1. The Bertz CT molecular complexity index is 249. The molecule has 0 spiro atoms. The third-order valence-electron chi connectivity index (χ3n) is 3.97. The number of nitrogens with two attached hydrogens (primary N) is 1. The minimum atomic E-state index is -0.0657. The molecular weight excluding hydrogens is 214 g/mol. The van der Waals surface area contributed by atoms with E-state index < -0.39 is 0 Å². The molecule has 0 heterocycles. The summed E-state index contributed by atoms with van der Waals surface area (Å²) in [5.41, 5.74) is 5.83. The molecule has 1 rings (SSSR count). The molecule has 0 saturated heterocycles. The lowest BCUT2D eigenvalue weighted by Crippen LogP contribution is -2.51. The van der Waals surface area contributed by atoms with Crippen LogP contribution in [0.15, 0.2) is 0 Å². The number of carbonyl (C=O) groups excluding carboxylic acids is 1. The molecule has 0 aromatic rings. The third-order valence-corrected chi connectivity index (χ3v) is 3.97. The highest BCUT2D eigenvalue weighted by molar-refractivity contribution is 5.81. The van der Waals surface area contributed by atoms with Gasteiger partial charge in [0.1, 0.15) is 0 Å².